The summed E-state index contributed by atoms with van der Waals surface area (Å²) in [6.45, 7) is 10.8. The number of rotatable bonds is 15. The Labute approximate surface area is 261 Å². The molecule has 0 spiro atoms. The number of fused-ring (bicyclic) bond motifs is 1. The van der Waals surface area contributed by atoms with Crippen LogP contribution in [0.1, 0.15) is 64.6 Å². The molecule has 2 aromatic heterocycles. The van der Waals surface area contributed by atoms with Crippen molar-refractivity contribution < 1.29 is 14.3 Å². The van der Waals surface area contributed by atoms with E-state index in [0.29, 0.717) is 37.7 Å². The molecule has 0 aliphatic carbocycles. The fraction of sp³-hybridized carbons (Fsp3) is 0.500. The van der Waals surface area contributed by atoms with E-state index < -0.39 is 11.6 Å². The van der Waals surface area contributed by atoms with Crippen LogP contribution in [0, 0.1) is 0 Å². The highest BCUT2D eigenvalue weighted by atomic mass is 16.6. The molecular weight excluding hydrogens is 554 g/mol. The standard InChI is InChI=1S/C34H47N7O3/c1-25(42)35-21-24-41(22-9-8-14-28-16-15-27-13-10-19-36-31(27)38-28)23-18-29(33(43)44-34(2,3)4)39-30-17-20-37-32(40-30)26-11-6-5-7-12-26/h5-7,11-12,15-17,20,29H,8-10,13-14,18-19,21-24H2,1-4H3,(H,35,42)(H,36,38)(H,37,39,40)/t29-/m0/s1. The largest absolute Gasteiger partial charge is 0.458 e. The Balaban J connectivity index is 1.38. The van der Waals surface area contributed by atoms with Gasteiger partial charge < -0.3 is 25.6 Å². The molecule has 10 heteroatoms. The topological polar surface area (TPSA) is 121 Å². The lowest BCUT2D eigenvalue weighted by molar-refractivity contribution is -0.156. The zero-order valence-corrected chi connectivity index (χ0v) is 26.6. The predicted octanol–water partition coefficient (Wildman–Crippen LogP) is 4.87. The van der Waals surface area contributed by atoms with E-state index in [4.69, 9.17) is 9.72 Å². The van der Waals surface area contributed by atoms with Gasteiger partial charge in [-0.25, -0.2) is 19.7 Å². The van der Waals surface area contributed by atoms with E-state index in [-0.39, 0.29) is 11.9 Å². The second-order valence-electron chi connectivity index (χ2n) is 12.3. The molecule has 0 saturated carbocycles. The average molecular weight is 602 g/mol. The number of aryl methyl sites for hydroxylation is 2. The predicted molar refractivity (Wildman–Crippen MR) is 174 cm³/mol. The van der Waals surface area contributed by atoms with Gasteiger partial charge in [-0.05, 0) is 83.5 Å². The molecule has 0 saturated heterocycles. The summed E-state index contributed by atoms with van der Waals surface area (Å²) >= 11 is 0. The summed E-state index contributed by atoms with van der Waals surface area (Å²) in [5.41, 5.74) is 2.69. The van der Waals surface area contributed by atoms with E-state index >= 15 is 0 Å². The Bertz CT molecular complexity index is 1360. The van der Waals surface area contributed by atoms with E-state index in [1.807, 2.05) is 51.1 Å². The molecule has 0 radical (unpaired) electrons. The summed E-state index contributed by atoms with van der Waals surface area (Å²) < 4.78 is 5.79. The summed E-state index contributed by atoms with van der Waals surface area (Å²) in [4.78, 5) is 41.1. The molecule has 1 aromatic carbocycles. The summed E-state index contributed by atoms with van der Waals surface area (Å²) in [5, 5.41) is 9.64. The molecule has 1 aliphatic heterocycles. The van der Waals surface area contributed by atoms with Crippen molar-refractivity contribution in [2.45, 2.75) is 77.9 Å². The van der Waals surface area contributed by atoms with Crippen molar-refractivity contribution in [2.75, 3.05) is 43.4 Å². The maximum absolute atomic E-state index is 13.3. The molecule has 3 N–H and O–H groups in total. The zero-order valence-electron chi connectivity index (χ0n) is 26.6. The number of anilines is 2. The van der Waals surface area contributed by atoms with Crippen molar-refractivity contribution in [3.05, 3.63) is 66.0 Å². The van der Waals surface area contributed by atoms with Gasteiger partial charge in [0.05, 0.1) is 0 Å². The van der Waals surface area contributed by atoms with Crippen LogP contribution in [0.4, 0.5) is 11.6 Å². The highest BCUT2D eigenvalue weighted by molar-refractivity contribution is 5.79. The Morgan fingerprint density at radius 1 is 1.02 bits per heavy atom. The molecule has 236 valence electrons. The maximum atomic E-state index is 13.3. The van der Waals surface area contributed by atoms with E-state index in [0.717, 1.165) is 62.3 Å². The number of ether oxygens (including phenoxy) is 1. The lowest BCUT2D eigenvalue weighted by Gasteiger charge is -2.28. The number of pyridine rings is 1. The highest BCUT2D eigenvalue weighted by Gasteiger charge is 2.26. The number of nitrogens with one attached hydrogen (secondary N) is 3. The van der Waals surface area contributed by atoms with Gasteiger partial charge in [0.1, 0.15) is 23.3 Å². The quantitative estimate of drug-likeness (QED) is 0.165. The van der Waals surface area contributed by atoms with Gasteiger partial charge in [-0.2, -0.15) is 0 Å². The Morgan fingerprint density at radius 3 is 2.61 bits per heavy atom. The Kier molecular flexibility index (Phi) is 12.1. The van der Waals surface area contributed by atoms with Gasteiger partial charge in [-0.15, -0.1) is 0 Å². The van der Waals surface area contributed by atoms with E-state index in [1.54, 1.807) is 12.3 Å². The highest BCUT2D eigenvalue weighted by Crippen LogP contribution is 2.21. The number of benzene rings is 1. The fourth-order valence-electron chi connectivity index (χ4n) is 5.15. The Morgan fingerprint density at radius 2 is 1.84 bits per heavy atom. The minimum atomic E-state index is -0.622. The normalized spacial score (nSPS) is 13.5. The van der Waals surface area contributed by atoms with Gasteiger partial charge in [-0.1, -0.05) is 36.4 Å². The average Bonchev–Trinajstić information content (AvgIpc) is 3.00. The van der Waals surface area contributed by atoms with Gasteiger partial charge in [0.15, 0.2) is 5.82 Å². The van der Waals surface area contributed by atoms with Gasteiger partial charge in [0.2, 0.25) is 5.91 Å². The van der Waals surface area contributed by atoms with Crippen molar-refractivity contribution >= 4 is 23.5 Å². The number of aromatic nitrogens is 3. The monoisotopic (exact) mass is 601 g/mol. The molecular formula is C34H47N7O3. The number of unbranched alkanes of at least 4 members (excludes halogenated alkanes) is 1. The smallest absolute Gasteiger partial charge is 0.329 e. The van der Waals surface area contributed by atoms with Crippen LogP contribution >= 0.6 is 0 Å². The van der Waals surface area contributed by atoms with E-state index in [9.17, 15) is 9.59 Å². The molecule has 44 heavy (non-hydrogen) atoms. The zero-order chi connectivity index (χ0) is 31.4. The number of esters is 1. The van der Waals surface area contributed by atoms with E-state index in [2.05, 4.69) is 43.0 Å². The van der Waals surface area contributed by atoms with Gasteiger partial charge >= 0.3 is 5.97 Å². The minimum Gasteiger partial charge on any atom is -0.458 e. The second-order valence-corrected chi connectivity index (χ2v) is 12.3. The third-order valence-corrected chi connectivity index (χ3v) is 7.35. The van der Waals surface area contributed by atoms with Crippen LogP contribution in [0.3, 0.4) is 0 Å². The van der Waals surface area contributed by atoms with Crippen molar-refractivity contribution in [1.82, 2.24) is 25.2 Å². The SMILES string of the molecule is CC(=O)NCCN(CCCCc1ccc2c(n1)NCCC2)CC[C@H](Nc1ccnc(-c2ccccc2)n1)C(=O)OC(C)(C)C. The first-order valence-corrected chi connectivity index (χ1v) is 15.7. The van der Waals surface area contributed by atoms with Crippen molar-refractivity contribution in [2.24, 2.45) is 0 Å². The molecule has 0 fully saturated rings. The van der Waals surface area contributed by atoms with Crippen LogP contribution in [0.5, 0.6) is 0 Å². The van der Waals surface area contributed by atoms with Crippen LogP contribution in [-0.4, -0.2) is 76.1 Å². The molecule has 1 atom stereocenters. The molecule has 1 aliphatic rings. The summed E-state index contributed by atoms with van der Waals surface area (Å²) in [6.07, 6.45) is 7.33. The van der Waals surface area contributed by atoms with Crippen molar-refractivity contribution in [1.29, 1.82) is 0 Å². The van der Waals surface area contributed by atoms with Gasteiger partial charge in [0.25, 0.3) is 0 Å². The van der Waals surface area contributed by atoms with Crippen molar-refractivity contribution in [3.8, 4) is 11.4 Å². The number of carbonyl (C=O) groups excluding carboxylic acids is 2. The lowest BCUT2D eigenvalue weighted by Crippen LogP contribution is -2.41. The number of nitrogens with zero attached hydrogens (tertiary/aromatic N) is 4. The summed E-state index contributed by atoms with van der Waals surface area (Å²) in [6, 6.07) is 15.3. The molecule has 10 nitrogen and oxygen atoms in total. The lowest BCUT2D eigenvalue weighted by atomic mass is 10.1. The number of amides is 1. The minimum absolute atomic E-state index is 0.0525. The third-order valence-electron chi connectivity index (χ3n) is 7.35. The van der Waals surface area contributed by atoms with Crippen molar-refractivity contribution in [3.63, 3.8) is 0 Å². The van der Waals surface area contributed by atoms with Crippen LogP contribution in [-0.2, 0) is 27.2 Å². The van der Waals surface area contributed by atoms with Crippen LogP contribution in [0.15, 0.2) is 54.7 Å². The first kappa shape index (κ1) is 32.9. The maximum Gasteiger partial charge on any atom is 0.329 e. The van der Waals surface area contributed by atoms with Gasteiger partial charge in [0, 0.05) is 50.6 Å². The third kappa shape index (κ3) is 10.9. The van der Waals surface area contributed by atoms with Crippen LogP contribution < -0.4 is 16.0 Å². The summed E-state index contributed by atoms with van der Waals surface area (Å²) in [5.74, 6) is 1.80. The molecule has 3 heterocycles. The van der Waals surface area contributed by atoms with Crippen LogP contribution in [0.25, 0.3) is 11.4 Å². The second kappa shape index (κ2) is 16.1. The number of hydrogen-bond acceptors (Lipinski definition) is 9. The van der Waals surface area contributed by atoms with E-state index in [1.165, 1.54) is 12.5 Å². The molecule has 1 amide bonds. The first-order chi connectivity index (χ1) is 21.2. The molecule has 3 aromatic rings. The first-order valence-electron chi connectivity index (χ1n) is 15.7. The summed E-state index contributed by atoms with van der Waals surface area (Å²) in [7, 11) is 0. The fourth-order valence-corrected chi connectivity index (χ4v) is 5.15. The Hall–Kier alpha value is -4.05. The number of hydrogen-bond donors (Lipinski definition) is 3. The number of carbonyl (C=O) groups is 2. The molecule has 0 unspecified atom stereocenters. The van der Waals surface area contributed by atoms with Crippen LogP contribution in [0.2, 0.25) is 0 Å². The van der Waals surface area contributed by atoms with Gasteiger partial charge in [-0.3, -0.25) is 4.79 Å². The molecule has 0 bridgehead atoms. The molecule has 4 rings (SSSR count).